The molecule has 4 atom stereocenters. The normalized spacial score (nSPS) is 17.4. The number of amides is 3. The van der Waals surface area contributed by atoms with E-state index in [1.807, 2.05) is 24.3 Å². The summed E-state index contributed by atoms with van der Waals surface area (Å²) in [5.74, 6) is -4.38. The number of H-pyrrole nitrogens is 1. The second-order valence-electron chi connectivity index (χ2n) is 9.70. The summed E-state index contributed by atoms with van der Waals surface area (Å²) >= 11 is 0. The summed E-state index contributed by atoms with van der Waals surface area (Å²) in [4.78, 5) is 66.8. The molecule has 2 heterocycles. The van der Waals surface area contributed by atoms with Crippen LogP contribution in [0.15, 0.2) is 30.5 Å². The van der Waals surface area contributed by atoms with E-state index in [0.29, 0.717) is 32.2 Å². The fourth-order valence-corrected chi connectivity index (χ4v) is 4.80. The number of likely N-dealkylation sites (tertiary alicyclic amines) is 1. The van der Waals surface area contributed by atoms with Crippen molar-refractivity contribution < 1.29 is 34.2 Å². The van der Waals surface area contributed by atoms with Crippen molar-refractivity contribution in [2.45, 2.75) is 69.1 Å². The molecule has 13 heteroatoms. The van der Waals surface area contributed by atoms with Gasteiger partial charge in [-0.05, 0) is 50.3 Å². The van der Waals surface area contributed by atoms with E-state index in [-0.39, 0.29) is 19.4 Å². The summed E-state index contributed by atoms with van der Waals surface area (Å²) in [6, 6.07) is 2.89. The van der Waals surface area contributed by atoms with Crippen LogP contribution in [0.4, 0.5) is 0 Å². The monoisotopic (exact) mass is 544 g/mol. The van der Waals surface area contributed by atoms with Crippen LogP contribution in [-0.2, 0) is 30.4 Å². The number of carbonyl (C=O) groups is 5. The van der Waals surface area contributed by atoms with E-state index in [4.69, 9.17) is 16.6 Å². The average molecular weight is 545 g/mol. The van der Waals surface area contributed by atoms with Crippen LogP contribution in [0.1, 0.15) is 44.1 Å². The van der Waals surface area contributed by atoms with Gasteiger partial charge in [-0.3, -0.25) is 19.2 Å². The number of carbonyl (C=O) groups excluding carboxylic acids is 3. The Balaban J connectivity index is 1.85. The minimum Gasteiger partial charge on any atom is -0.481 e. The van der Waals surface area contributed by atoms with Crippen LogP contribution >= 0.6 is 0 Å². The van der Waals surface area contributed by atoms with Crippen molar-refractivity contribution in [1.29, 1.82) is 0 Å². The van der Waals surface area contributed by atoms with E-state index < -0.39 is 60.2 Å². The molecular weight excluding hydrogens is 508 g/mol. The van der Waals surface area contributed by atoms with E-state index in [2.05, 4.69) is 15.6 Å². The minimum absolute atomic E-state index is 0.0828. The maximum absolute atomic E-state index is 13.6. The second-order valence-corrected chi connectivity index (χ2v) is 9.70. The SMILES string of the molecule is NCCCCC(NC(=O)C(N)CC(=O)O)C(=O)NC(Cc1c[nH]c2ccccc12)C(=O)N1CCCC1C(=O)O. The predicted molar refractivity (Wildman–Crippen MR) is 141 cm³/mol. The van der Waals surface area contributed by atoms with Gasteiger partial charge in [-0.2, -0.15) is 0 Å². The number of aromatic nitrogens is 1. The van der Waals surface area contributed by atoms with Crippen LogP contribution in [-0.4, -0.2) is 87.0 Å². The number of para-hydroxylation sites is 1. The lowest BCUT2D eigenvalue weighted by molar-refractivity contribution is -0.149. The molecular formula is C26H36N6O7. The van der Waals surface area contributed by atoms with Gasteiger partial charge in [0.2, 0.25) is 17.7 Å². The van der Waals surface area contributed by atoms with Gasteiger partial charge in [0.05, 0.1) is 12.5 Å². The number of nitrogens with two attached hydrogens (primary N) is 2. The lowest BCUT2D eigenvalue weighted by atomic mass is 10.0. The van der Waals surface area contributed by atoms with Gasteiger partial charge >= 0.3 is 11.9 Å². The van der Waals surface area contributed by atoms with Crippen molar-refractivity contribution >= 4 is 40.6 Å². The van der Waals surface area contributed by atoms with Crippen LogP contribution in [0.5, 0.6) is 0 Å². The van der Waals surface area contributed by atoms with Crippen molar-refractivity contribution in [3.8, 4) is 0 Å². The average Bonchev–Trinajstić information content (AvgIpc) is 3.55. The first-order chi connectivity index (χ1) is 18.6. The molecule has 13 nitrogen and oxygen atoms in total. The third kappa shape index (κ3) is 7.77. The highest BCUT2D eigenvalue weighted by atomic mass is 16.4. The molecule has 3 rings (SSSR count). The number of benzene rings is 1. The lowest BCUT2D eigenvalue weighted by Crippen LogP contribution is -2.57. The Kier molecular flexibility index (Phi) is 10.4. The highest BCUT2D eigenvalue weighted by molar-refractivity contribution is 5.95. The van der Waals surface area contributed by atoms with Crippen molar-refractivity contribution in [2.75, 3.05) is 13.1 Å². The molecule has 1 fully saturated rings. The quantitative estimate of drug-likeness (QED) is 0.155. The highest BCUT2D eigenvalue weighted by Crippen LogP contribution is 2.23. The van der Waals surface area contributed by atoms with Crippen LogP contribution in [0.25, 0.3) is 10.9 Å². The van der Waals surface area contributed by atoms with E-state index in [1.54, 1.807) is 6.20 Å². The number of hydrogen-bond donors (Lipinski definition) is 7. The third-order valence-electron chi connectivity index (χ3n) is 6.85. The molecule has 0 aliphatic carbocycles. The van der Waals surface area contributed by atoms with Gasteiger partial charge in [0.25, 0.3) is 0 Å². The summed E-state index contributed by atoms with van der Waals surface area (Å²) in [5.41, 5.74) is 12.8. The topological polar surface area (TPSA) is 221 Å². The molecule has 4 unspecified atom stereocenters. The molecule has 0 spiro atoms. The fraction of sp³-hybridized carbons (Fsp3) is 0.500. The number of aliphatic carboxylic acids is 2. The van der Waals surface area contributed by atoms with Gasteiger partial charge in [-0.1, -0.05) is 18.2 Å². The number of aromatic amines is 1. The molecule has 212 valence electrons. The molecule has 0 saturated carbocycles. The van der Waals surface area contributed by atoms with Crippen LogP contribution in [0.2, 0.25) is 0 Å². The Bertz CT molecular complexity index is 1200. The van der Waals surface area contributed by atoms with E-state index in [1.165, 1.54) is 4.90 Å². The zero-order chi connectivity index (χ0) is 28.5. The Morgan fingerprint density at radius 3 is 2.46 bits per heavy atom. The first-order valence-electron chi connectivity index (χ1n) is 13.0. The first-order valence-corrected chi connectivity index (χ1v) is 13.0. The van der Waals surface area contributed by atoms with Gasteiger partial charge in [-0.25, -0.2) is 4.79 Å². The summed E-state index contributed by atoms with van der Waals surface area (Å²) in [7, 11) is 0. The van der Waals surface area contributed by atoms with Crippen molar-refractivity contribution in [3.05, 3.63) is 36.0 Å². The minimum atomic E-state index is -1.36. The Hall–Kier alpha value is -3.97. The number of carboxylic acid groups (broad SMARTS) is 2. The number of carboxylic acids is 2. The summed E-state index contributed by atoms with van der Waals surface area (Å²) in [6.45, 7) is 0.616. The zero-order valence-corrected chi connectivity index (χ0v) is 21.6. The predicted octanol–water partition coefficient (Wildman–Crippen LogP) is -0.313. The van der Waals surface area contributed by atoms with E-state index in [9.17, 15) is 29.1 Å². The Labute approximate surface area is 225 Å². The smallest absolute Gasteiger partial charge is 0.326 e. The molecule has 1 aliphatic heterocycles. The molecule has 1 saturated heterocycles. The van der Waals surface area contributed by atoms with Crippen LogP contribution in [0.3, 0.4) is 0 Å². The Morgan fingerprint density at radius 2 is 1.77 bits per heavy atom. The largest absolute Gasteiger partial charge is 0.481 e. The molecule has 0 radical (unpaired) electrons. The zero-order valence-electron chi connectivity index (χ0n) is 21.6. The fourth-order valence-electron chi connectivity index (χ4n) is 4.80. The molecule has 9 N–H and O–H groups in total. The van der Waals surface area contributed by atoms with Gasteiger partial charge < -0.3 is 42.2 Å². The molecule has 1 aliphatic rings. The van der Waals surface area contributed by atoms with Crippen molar-refractivity contribution in [2.24, 2.45) is 11.5 Å². The van der Waals surface area contributed by atoms with Gasteiger partial charge in [0.15, 0.2) is 0 Å². The number of fused-ring (bicyclic) bond motifs is 1. The number of nitrogens with one attached hydrogen (secondary N) is 3. The Morgan fingerprint density at radius 1 is 1.05 bits per heavy atom. The van der Waals surface area contributed by atoms with Gasteiger partial charge in [0, 0.05) is 30.1 Å². The van der Waals surface area contributed by atoms with E-state index >= 15 is 0 Å². The summed E-state index contributed by atoms with van der Waals surface area (Å²) in [5, 5.41) is 24.7. The number of nitrogens with zero attached hydrogens (tertiary/aromatic N) is 1. The molecule has 1 aromatic heterocycles. The van der Waals surface area contributed by atoms with Crippen molar-refractivity contribution in [3.63, 3.8) is 0 Å². The third-order valence-corrected chi connectivity index (χ3v) is 6.85. The molecule has 39 heavy (non-hydrogen) atoms. The van der Waals surface area contributed by atoms with Crippen LogP contribution in [0, 0.1) is 0 Å². The maximum atomic E-state index is 13.6. The van der Waals surface area contributed by atoms with Crippen molar-refractivity contribution in [1.82, 2.24) is 20.5 Å². The maximum Gasteiger partial charge on any atom is 0.326 e. The standard InChI is InChI=1S/C26H36N6O7/c27-10-4-3-8-19(30-23(35)17(28)13-22(33)34)24(36)31-20(25(37)32-11-5-9-21(32)26(38)39)12-15-14-29-18-7-2-1-6-16(15)18/h1-2,6-7,14,17,19-21,29H,3-5,8-13,27-28H2,(H,30,35)(H,31,36)(H,33,34)(H,38,39). The highest BCUT2D eigenvalue weighted by Gasteiger charge is 2.38. The van der Waals surface area contributed by atoms with E-state index in [0.717, 1.165) is 16.5 Å². The number of rotatable bonds is 14. The number of hydrogen-bond acceptors (Lipinski definition) is 7. The summed E-state index contributed by atoms with van der Waals surface area (Å²) < 4.78 is 0. The molecule has 2 aromatic rings. The summed E-state index contributed by atoms with van der Waals surface area (Å²) in [6.07, 6.45) is 3.29. The van der Waals surface area contributed by atoms with Gasteiger partial charge in [-0.15, -0.1) is 0 Å². The van der Waals surface area contributed by atoms with Crippen LogP contribution < -0.4 is 22.1 Å². The first kappa shape index (κ1) is 29.6. The van der Waals surface area contributed by atoms with Gasteiger partial charge in [0.1, 0.15) is 18.1 Å². The molecule has 3 amide bonds. The second kappa shape index (κ2) is 13.7. The molecule has 1 aromatic carbocycles. The molecule has 0 bridgehead atoms. The number of unbranched alkanes of at least 4 members (excludes halogenated alkanes) is 1. The lowest BCUT2D eigenvalue weighted by Gasteiger charge is -2.29.